The summed E-state index contributed by atoms with van der Waals surface area (Å²) < 4.78 is 11.3. The normalized spacial score (nSPS) is 22.0. The summed E-state index contributed by atoms with van der Waals surface area (Å²) >= 11 is 0. The van der Waals surface area contributed by atoms with Crippen LogP contribution in [0, 0.1) is 0 Å². The van der Waals surface area contributed by atoms with Gasteiger partial charge < -0.3 is 19.7 Å². The minimum atomic E-state index is -0.928. The number of fused-ring (bicyclic) bond motifs is 1. The topological polar surface area (TPSA) is 67.9 Å². The van der Waals surface area contributed by atoms with Gasteiger partial charge in [0.15, 0.2) is 5.60 Å². The van der Waals surface area contributed by atoms with Gasteiger partial charge in [-0.15, -0.1) is 0 Å². The largest absolute Gasteiger partial charge is 0.476 e. The molecule has 0 radical (unpaired) electrons. The van der Waals surface area contributed by atoms with Crippen LogP contribution < -0.4 is 15.0 Å². The van der Waals surface area contributed by atoms with E-state index in [-0.39, 0.29) is 24.3 Å². The van der Waals surface area contributed by atoms with Crippen molar-refractivity contribution in [3.63, 3.8) is 0 Å². The zero-order chi connectivity index (χ0) is 17.2. The Morgan fingerprint density at radius 3 is 2.92 bits per heavy atom. The molecule has 2 heterocycles. The molecule has 1 N–H and O–H groups in total. The van der Waals surface area contributed by atoms with Crippen molar-refractivity contribution in [3.05, 3.63) is 24.3 Å². The van der Waals surface area contributed by atoms with Gasteiger partial charge in [0.25, 0.3) is 5.91 Å². The van der Waals surface area contributed by atoms with Crippen molar-refractivity contribution >= 4 is 17.5 Å². The molecule has 24 heavy (non-hydrogen) atoms. The van der Waals surface area contributed by atoms with E-state index in [1.54, 1.807) is 18.7 Å². The number of hydrogen-bond acceptors (Lipinski definition) is 4. The van der Waals surface area contributed by atoms with Crippen LogP contribution in [-0.4, -0.2) is 43.2 Å². The van der Waals surface area contributed by atoms with Crippen molar-refractivity contribution in [2.45, 2.75) is 44.8 Å². The molecular formula is C18H24N2O4. The number of carbonyl (C=O) groups excluding carboxylic acids is 2. The quantitative estimate of drug-likeness (QED) is 0.894. The lowest BCUT2D eigenvalue weighted by atomic mass is 10.0. The Kier molecular flexibility index (Phi) is 4.76. The fraction of sp³-hybridized carbons (Fsp3) is 0.556. The molecule has 1 atom stereocenters. The van der Waals surface area contributed by atoms with Gasteiger partial charge in [-0.25, -0.2) is 0 Å². The van der Waals surface area contributed by atoms with Crippen LogP contribution in [0.1, 0.15) is 33.1 Å². The highest BCUT2D eigenvalue weighted by Gasteiger charge is 2.40. The van der Waals surface area contributed by atoms with Crippen LogP contribution >= 0.6 is 0 Å². The van der Waals surface area contributed by atoms with Crippen molar-refractivity contribution in [2.75, 3.05) is 24.6 Å². The molecule has 3 rings (SSSR count). The van der Waals surface area contributed by atoms with E-state index in [1.807, 2.05) is 24.3 Å². The summed E-state index contributed by atoms with van der Waals surface area (Å²) in [6.45, 7) is 5.14. The minimum absolute atomic E-state index is 0.0694. The van der Waals surface area contributed by atoms with E-state index in [4.69, 9.17) is 9.47 Å². The summed E-state index contributed by atoms with van der Waals surface area (Å²) in [7, 11) is 0. The summed E-state index contributed by atoms with van der Waals surface area (Å²) in [5, 5.41) is 2.89. The number of nitrogens with one attached hydrogen (secondary N) is 1. The Labute approximate surface area is 142 Å². The monoisotopic (exact) mass is 332 g/mol. The molecule has 1 saturated heterocycles. The molecule has 0 spiro atoms. The zero-order valence-electron chi connectivity index (χ0n) is 14.2. The number of rotatable bonds is 5. The predicted octanol–water partition coefficient (Wildman–Crippen LogP) is 1.88. The van der Waals surface area contributed by atoms with Gasteiger partial charge in [-0.1, -0.05) is 12.1 Å². The number of carbonyl (C=O) groups is 2. The number of benzene rings is 1. The van der Waals surface area contributed by atoms with Crippen LogP contribution in [0.2, 0.25) is 0 Å². The highest BCUT2D eigenvalue weighted by Crippen LogP contribution is 2.37. The Hall–Kier alpha value is -2.08. The van der Waals surface area contributed by atoms with Gasteiger partial charge >= 0.3 is 0 Å². The van der Waals surface area contributed by atoms with Crippen LogP contribution in [0.15, 0.2) is 24.3 Å². The molecule has 130 valence electrons. The minimum Gasteiger partial charge on any atom is -0.476 e. The van der Waals surface area contributed by atoms with E-state index in [2.05, 4.69) is 5.32 Å². The highest BCUT2D eigenvalue weighted by atomic mass is 16.5. The summed E-state index contributed by atoms with van der Waals surface area (Å²) in [6, 6.07) is 7.41. The fourth-order valence-corrected chi connectivity index (χ4v) is 3.08. The summed E-state index contributed by atoms with van der Waals surface area (Å²) in [6.07, 6.45) is 2.42. The maximum atomic E-state index is 12.6. The second-order valence-corrected chi connectivity index (χ2v) is 6.73. The molecule has 0 bridgehead atoms. The number of amides is 2. The molecule has 1 aromatic carbocycles. The first-order valence-electron chi connectivity index (χ1n) is 8.46. The molecule has 0 aromatic heterocycles. The van der Waals surface area contributed by atoms with E-state index >= 15 is 0 Å². The van der Waals surface area contributed by atoms with Crippen LogP contribution in [-0.2, 0) is 14.3 Å². The molecule has 2 aliphatic heterocycles. The number of para-hydroxylation sites is 2. The maximum Gasteiger partial charge on any atom is 0.270 e. The average Bonchev–Trinajstić information content (AvgIpc) is 3.06. The lowest BCUT2D eigenvalue weighted by molar-refractivity contribution is -0.132. The van der Waals surface area contributed by atoms with Crippen molar-refractivity contribution < 1.29 is 19.1 Å². The lowest BCUT2D eigenvalue weighted by Crippen LogP contribution is -2.53. The molecule has 1 unspecified atom stereocenters. The van der Waals surface area contributed by atoms with Crippen LogP contribution in [0.3, 0.4) is 0 Å². The predicted molar refractivity (Wildman–Crippen MR) is 90.1 cm³/mol. The molecular weight excluding hydrogens is 308 g/mol. The van der Waals surface area contributed by atoms with Gasteiger partial charge in [0.05, 0.1) is 11.8 Å². The van der Waals surface area contributed by atoms with Crippen LogP contribution in [0.4, 0.5) is 5.69 Å². The molecule has 0 saturated carbocycles. The molecule has 1 fully saturated rings. The summed E-state index contributed by atoms with van der Waals surface area (Å²) in [5.41, 5.74) is -0.212. The van der Waals surface area contributed by atoms with E-state index in [1.165, 1.54) is 0 Å². The van der Waals surface area contributed by atoms with Gasteiger partial charge in [-0.2, -0.15) is 0 Å². The standard InChI is InChI=1S/C18H24N2O4/c1-18(2)17(22)20(14-7-3-4-8-15(14)24-18)10-9-16(21)19-12-13-6-5-11-23-13/h3-4,7-8,13H,5-6,9-12H2,1-2H3,(H,19,21). The van der Waals surface area contributed by atoms with Crippen LogP contribution in [0.5, 0.6) is 5.75 Å². The SMILES string of the molecule is CC1(C)Oc2ccccc2N(CCC(=O)NCC2CCCO2)C1=O. The first-order chi connectivity index (χ1) is 11.5. The lowest BCUT2D eigenvalue weighted by Gasteiger charge is -2.38. The van der Waals surface area contributed by atoms with Gasteiger partial charge in [-0.05, 0) is 38.8 Å². The molecule has 1 aromatic rings. The maximum absolute atomic E-state index is 12.6. The fourth-order valence-electron chi connectivity index (χ4n) is 3.08. The van der Waals surface area contributed by atoms with E-state index in [0.717, 1.165) is 19.4 Å². The zero-order valence-corrected chi connectivity index (χ0v) is 14.2. The Morgan fingerprint density at radius 2 is 2.17 bits per heavy atom. The van der Waals surface area contributed by atoms with Gasteiger partial charge in [0.2, 0.25) is 5.91 Å². The first kappa shape index (κ1) is 16.8. The molecule has 6 nitrogen and oxygen atoms in total. The number of hydrogen-bond donors (Lipinski definition) is 1. The second kappa shape index (κ2) is 6.81. The number of ether oxygens (including phenoxy) is 2. The average molecular weight is 332 g/mol. The number of nitrogens with zero attached hydrogens (tertiary/aromatic N) is 1. The smallest absolute Gasteiger partial charge is 0.270 e. The summed E-state index contributed by atoms with van der Waals surface area (Å²) in [4.78, 5) is 26.4. The third kappa shape index (κ3) is 3.53. The summed E-state index contributed by atoms with van der Waals surface area (Å²) in [5.74, 6) is 0.468. The Balaban J connectivity index is 1.61. The molecule has 2 aliphatic rings. The highest BCUT2D eigenvalue weighted by molar-refractivity contribution is 6.02. The van der Waals surface area contributed by atoms with Crippen molar-refractivity contribution in [1.82, 2.24) is 5.32 Å². The van der Waals surface area contributed by atoms with Gasteiger partial charge in [-0.3, -0.25) is 9.59 Å². The van der Waals surface area contributed by atoms with Gasteiger partial charge in [0.1, 0.15) is 5.75 Å². The molecule has 2 amide bonds. The number of anilines is 1. The molecule has 6 heteroatoms. The van der Waals surface area contributed by atoms with Crippen molar-refractivity contribution in [3.8, 4) is 5.75 Å². The third-order valence-corrected chi connectivity index (χ3v) is 4.39. The first-order valence-corrected chi connectivity index (χ1v) is 8.46. The Bertz CT molecular complexity index is 623. The third-order valence-electron chi connectivity index (χ3n) is 4.39. The second-order valence-electron chi connectivity index (χ2n) is 6.73. The van der Waals surface area contributed by atoms with E-state index < -0.39 is 5.60 Å². The van der Waals surface area contributed by atoms with Crippen molar-refractivity contribution in [1.29, 1.82) is 0 Å². The van der Waals surface area contributed by atoms with Crippen molar-refractivity contribution in [2.24, 2.45) is 0 Å². The molecule has 0 aliphatic carbocycles. The van der Waals surface area contributed by atoms with E-state index in [0.29, 0.717) is 24.5 Å². The Morgan fingerprint density at radius 1 is 1.38 bits per heavy atom. The van der Waals surface area contributed by atoms with E-state index in [9.17, 15) is 9.59 Å². The van der Waals surface area contributed by atoms with Crippen LogP contribution in [0.25, 0.3) is 0 Å². The van der Waals surface area contributed by atoms with Gasteiger partial charge in [0, 0.05) is 26.1 Å².